The lowest BCUT2D eigenvalue weighted by Gasteiger charge is -2.20. The average Bonchev–Trinajstić information content (AvgIpc) is 2.37. The summed E-state index contributed by atoms with van der Waals surface area (Å²) in [5.74, 6) is 0.949. The van der Waals surface area contributed by atoms with E-state index in [1.807, 2.05) is 18.2 Å². The summed E-state index contributed by atoms with van der Waals surface area (Å²) in [7, 11) is 1.71. The lowest BCUT2D eigenvalue weighted by molar-refractivity contribution is 0.0615. The summed E-state index contributed by atoms with van der Waals surface area (Å²) in [4.78, 5) is 0. The monoisotopic (exact) mass is 251 g/mol. The molecule has 0 aliphatic heterocycles. The SMILES string of the molecule is CCNC(COC(C)C)Cc1ccccc1OC. The van der Waals surface area contributed by atoms with Crippen LogP contribution in [0.5, 0.6) is 5.75 Å². The van der Waals surface area contributed by atoms with Crippen LogP contribution in [0.4, 0.5) is 0 Å². The number of para-hydroxylation sites is 1. The Bertz CT molecular complexity index is 339. The van der Waals surface area contributed by atoms with Gasteiger partial charge < -0.3 is 14.8 Å². The maximum atomic E-state index is 5.70. The van der Waals surface area contributed by atoms with E-state index in [1.165, 1.54) is 5.56 Å². The predicted molar refractivity (Wildman–Crippen MR) is 75.3 cm³/mol. The first-order valence-corrected chi connectivity index (χ1v) is 6.64. The standard InChI is InChI=1S/C15H25NO2/c1-5-16-14(11-18-12(2)3)10-13-8-6-7-9-15(13)17-4/h6-9,12,14,16H,5,10-11H2,1-4H3. The van der Waals surface area contributed by atoms with E-state index in [2.05, 4.69) is 32.2 Å². The maximum Gasteiger partial charge on any atom is 0.122 e. The zero-order valence-electron chi connectivity index (χ0n) is 11.9. The second kappa shape index (κ2) is 8.11. The minimum atomic E-state index is 0.267. The Morgan fingerprint density at radius 3 is 2.56 bits per heavy atom. The van der Waals surface area contributed by atoms with Crippen molar-refractivity contribution in [3.05, 3.63) is 29.8 Å². The molecule has 0 fully saturated rings. The predicted octanol–water partition coefficient (Wildman–Crippen LogP) is 2.64. The number of likely N-dealkylation sites (N-methyl/N-ethyl adjacent to an activating group) is 1. The fourth-order valence-corrected chi connectivity index (χ4v) is 1.92. The van der Waals surface area contributed by atoms with Crippen molar-refractivity contribution in [2.45, 2.75) is 39.3 Å². The number of hydrogen-bond acceptors (Lipinski definition) is 3. The van der Waals surface area contributed by atoms with Gasteiger partial charge in [-0.1, -0.05) is 25.1 Å². The summed E-state index contributed by atoms with van der Waals surface area (Å²) in [5, 5.41) is 3.46. The van der Waals surface area contributed by atoms with E-state index in [9.17, 15) is 0 Å². The molecule has 1 atom stereocenters. The van der Waals surface area contributed by atoms with Gasteiger partial charge in [0.05, 0.1) is 19.8 Å². The van der Waals surface area contributed by atoms with E-state index in [0.29, 0.717) is 6.04 Å². The van der Waals surface area contributed by atoms with E-state index >= 15 is 0 Å². The molecule has 1 N–H and O–H groups in total. The molecule has 0 aliphatic carbocycles. The number of methoxy groups -OCH3 is 1. The van der Waals surface area contributed by atoms with Crippen LogP contribution in [0.3, 0.4) is 0 Å². The molecule has 1 rings (SSSR count). The van der Waals surface area contributed by atoms with E-state index in [4.69, 9.17) is 9.47 Å². The van der Waals surface area contributed by atoms with Gasteiger partial charge in [-0.25, -0.2) is 0 Å². The molecule has 0 amide bonds. The Balaban J connectivity index is 2.63. The van der Waals surface area contributed by atoms with Gasteiger partial charge in [-0.2, -0.15) is 0 Å². The summed E-state index contributed by atoms with van der Waals surface area (Å²) in [6.45, 7) is 7.91. The number of hydrogen-bond donors (Lipinski definition) is 1. The largest absolute Gasteiger partial charge is 0.496 e. The summed E-state index contributed by atoms with van der Waals surface area (Å²) >= 11 is 0. The quantitative estimate of drug-likeness (QED) is 0.770. The molecule has 1 aromatic carbocycles. The Morgan fingerprint density at radius 2 is 1.94 bits per heavy atom. The zero-order chi connectivity index (χ0) is 13.4. The molecule has 0 saturated heterocycles. The minimum absolute atomic E-state index is 0.267. The van der Waals surface area contributed by atoms with Crippen LogP contribution in [0.25, 0.3) is 0 Å². The number of ether oxygens (including phenoxy) is 2. The highest BCUT2D eigenvalue weighted by atomic mass is 16.5. The molecule has 18 heavy (non-hydrogen) atoms. The van der Waals surface area contributed by atoms with Crippen molar-refractivity contribution in [3.8, 4) is 5.75 Å². The molecule has 0 bridgehead atoms. The molecule has 0 spiro atoms. The number of benzene rings is 1. The fraction of sp³-hybridized carbons (Fsp3) is 0.600. The molecule has 3 heteroatoms. The molecule has 0 saturated carbocycles. The average molecular weight is 251 g/mol. The lowest BCUT2D eigenvalue weighted by Crippen LogP contribution is -2.36. The van der Waals surface area contributed by atoms with Gasteiger partial charge in [0.25, 0.3) is 0 Å². The molecular weight excluding hydrogens is 226 g/mol. The number of rotatable bonds is 8. The van der Waals surface area contributed by atoms with Crippen molar-refractivity contribution >= 4 is 0 Å². The third-order valence-electron chi connectivity index (χ3n) is 2.78. The van der Waals surface area contributed by atoms with Gasteiger partial charge in [-0.15, -0.1) is 0 Å². The van der Waals surface area contributed by atoms with Gasteiger partial charge in [-0.3, -0.25) is 0 Å². The van der Waals surface area contributed by atoms with Crippen molar-refractivity contribution in [1.82, 2.24) is 5.32 Å². The molecule has 0 heterocycles. The molecular formula is C15H25NO2. The van der Waals surface area contributed by atoms with Crippen LogP contribution in [0.2, 0.25) is 0 Å². The van der Waals surface area contributed by atoms with Crippen molar-refractivity contribution in [1.29, 1.82) is 0 Å². The summed E-state index contributed by atoms with van der Waals surface area (Å²) in [6, 6.07) is 8.48. The van der Waals surface area contributed by atoms with Crippen LogP contribution >= 0.6 is 0 Å². The highest BCUT2D eigenvalue weighted by Gasteiger charge is 2.12. The zero-order valence-corrected chi connectivity index (χ0v) is 11.9. The second-order valence-electron chi connectivity index (χ2n) is 4.65. The van der Waals surface area contributed by atoms with Crippen LogP contribution < -0.4 is 10.1 Å². The van der Waals surface area contributed by atoms with Gasteiger partial charge in [-0.05, 0) is 38.4 Å². The minimum Gasteiger partial charge on any atom is -0.496 e. The van der Waals surface area contributed by atoms with Gasteiger partial charge in [0, 0.05) is 6.04 Å². The van der Waals surface area contributed by atoms with Crippen molar-refractivity contribution in [2.24, 2.45) is 0 Å². The van der Waals surface area contributed by atoms with Crippen LogP contribution in [0, 0.1) is 0 Å². The Kier molecular flexibility index (Phi) is 6.76. The second-order valence-corrected chi connectivity index (χ2v) is 4.65. The van der Waals surface area contributed by atoms with Crippen molar-refractivity contribution in [3.63, 3.8) is 0 Å². The fourth-order valence-electron chi connectivity index (χ4n) is 1.92. The molecule has 1 unspecified atom stereocenters. The first-order valence-electron chi connectivity index (χ1n) is 6.64. The first-order chi connectivity index (χ1) is 8.67. The summed E-state index contributed by atoms with van der Waals surface area (Å²) in [6.07, 6.45) is 1.19. The maximum absolute atomic E-state index is 5.70. The Labute approximate surface area is 110 Å². The lowest BCUT2D eigenvalue weighted by atomic mass is 10.1. The highest BCUT2D eigenvalue weighted by Crippen LogP contribution is 2.19. The van der Waals surface area contributed by atoms with Crippen LogP contribution in [0.1, 0.15) is 26.3 Å². The molecule has 102 valence electrons. The normalized spacial score (nSPS) is 12.7. The highest BCUT2D eigenvalue weighted by molar-refractivity contribution is 5.33. The first kappa shape index (κ1) is 15.0. The molecule has 0 radical (unpaired) electrons. The Morgan fingerprint density at radius 1 is 1.22 bits per heavy atom. The van der Waals surface area contributed by atoms with Crippen molar-refractivity contribution < 1.29 is 9.47 Å². The van der Waals surface area contributed by atoms with E-state index in [-0.39, 0.29) is 6.10 Å². The van der Waals surface area contributed by atoms with Gasteiger partial charge in [0.1, 0.15) is 5.75 Å². The van der Waals surface area contributed by atoms with Crippen molar-refractivity contribution in [2.75, 3.05) is 20.3 Å². The van der Waals surface area contributed by atoms with E-state index < -0.39 is 0 Å². The third kappa shape index (κ3) is 5.07. The smallest absolute Gasteiger partial charge is 0.122 e. The Hall–Kier alpha value is -1.06. The topological polar surface area (TPSA) is 30.5 Å². The summed E-state index contributed by atoms with van der Waals surface area (Å²) in [5.41, 5.74) is 1.22. The van der Waals surface area contributed by atoms with E-state index in [1.54, 1.807) is 7.11 Å². The van der Waals surface area contributed by atoms with Gasteiger partial charge >= 0.3 is 0 Å². The van der Waals surface area contributed by atoms with Crippen LogP contribution in [-0.2, 0) is 11.2 Å². The number of nitrogens with one attached hydrogen (secondary N) is 1. The molecule has 0 aliphatic rings. The van der Waals surface area contributed by atoms with Crippen LogP contribution in [-0.4, -0.2) is 32.4 Å². The summed E-state index contributed by atoms with van der Waals surface area (Å²) < 4.78 is 11.1. The molecule has 3 nitrogen and oxygen atoms in total. The molecule has 1 aromatic rings. The van der Waals surface area contributed by atoms with Crippen LogP contribution in [0.15, 0.2) is 24.3 Å². The van der Waals surface area contributed by atoms with E-state index in [0.717, 1.165) is 25.3 Å². The molecule has 0 aromatic heterocycles. The van der Waals surface area contributed by atoms with Gasteiger partial charge in [0.15, 0.2) is 0 Å². The third-order valence-corrected chi connectivity index (χ3v) is 2.78. The van der Waals surface area contributed by atoms with Gasteiger partial charge in [0.2, 0.25) is 0 Å².